The average Bonchev–Trinajstić information content (AvgIpc) is 3.43. The number of carbonyl (C=O) groups excluding carboxylic acids is 3. The van der Waals surface area contributed by atoms with Crippen molar-refractivity contribution in [3.8, 4) is 0 Å². The van der Waals surface area contributed by atoms with Crippen molar-refractivity contribution < 1.29 is 19.3 Å². The van der Waals surface area contributed by atoms with E-state index in [4.69, 9.17) is 0 Å². The van der Waals surface area contributed by atoms with E-state index < -0.39 is 28.0 Å². The summed E-state index contributed by atoms with van der Waals surface area (Å²) in [6, 6.07) is 21.1. The third kappa shape index (κ3) is 2.21. The number of benzene rings is 3. The van der Waals surface area contributed by atoms with Gasteiger partial charge in [-0.2, -0.15) is 0 Å². The highest BCUT2D eigenvalue weighted by Gasteiger charge is 2.79. The highest BCUT2D eigenvalue weighted by atomic mass is 16.6. The van der Waals surface area contributed by atoms with Gasteiger partial charge in [0.05, 0.1) is 16.4 Å². The maximum atomic E-state index is 13.5. The van der Waals surface area contributed by atoms with Crippen molar-refractivity contribution in [2.75, 3.05) is 0 Å². The molecule has 0 amide bonds. The molecule has 0 N–H and O–H groups in total. The third-order valence-electron chi connectivity index (χ3n) is 6.18. The van der Waals surface area contributed by atoms with Crippen LogP contribution in [-0.2, 0) is 0 Å². The van der Waals surface area contributed by atoms with Gasteiger partial charge in [-0.05, 0) is 11.6 Å². The second-order valence-electron chi connectivity index (χ2n) is 7.58. The van der Waals surface area contributed by atoms with Crippen molar-refractivity contribution in [3.63, 3.8) is 0 Å². The van der Waals surface area contributed by atoms with Crippen molar-refractivity contribution in [3.05, 3.63) is 111 Å². The van der Waals surface area contributed by atoms with E-state index in [-0.39, 0.29) is 22.8 Å². The fourth-order valence-corrected chi connectivity index (χ4v) is 4.86. The van der Waals surface area contributed by atoms with Crippen molar-refractivity contribution in [1.29, 1.82) is 0 Å². The second-order valence-corrected chi connectivity index (χ2v) is 7.58. The molecule has 5 rings (SSSR count). The maximum absolute atomic E-state index is 13.5. The van der Waals surface area contributed by atoms with Crippen molar-refractivity contribution in [2.24, 2.45) is 11.3 Å². The molecule has 30 heavy (non-hydrogen) atoms. The zero-order valence-corrected chi connectivity index (χ0v) is 15.6. The number of para-hydroxylation sites is 1. The minimum Gasteiger partial charge on any atom is -0.294 e. The lowest BCUT2D eigenvalue weighted by Crippen LogP contribution is -2.24. The highest BCUT2D eigenvalue weighted by molar-refractivity contribution is 6.35. The molecular weight excluding hydrogens is 382 g/mol. The molecule has 0 heterocycles. The first kappa shape index (κ1) is 18.1. The van der Waals surface area contributed by atoms with E-state index in [0.717, 1.165) is 0 Å². The van der Waals surface area contributed by atoms with E-state index in [1.807, 2.05) is 6.07 Å². The number of nitrogens with zero attached hydrogens (tertiary/aromatic N) is 1. The Labute approximate surface area is 171 Å². The van der Waals surface area contributed by atoms with Crippen LogP contribution in [0.3, 0.4) is 0 Å². The van der Waals surface area contributed by atoms with Crippen molar-refractivity contribution in [2.45, 2.75) is 5.92 Å². The molecule has 3 aromatic rings. The number of hydrogen-bond acceptors (Lipinski definition) is 5. The number of ketones is 3. The molecule has 1 fully saturated rings. The largest absolute Gasteiger partial charge is 0.294 e. The maximum Gasteiger partial charge on any atom is 0.280 e. The van der Waals surface area contributed by atoms with Gasteiger partial charge in [0, 0.05) is 23.1 Å². The van der Waals surface area contributed by atoms with E-state index in [9.17, 15) is 24.5 Å². The Morgan fingerprint density at radius 3 is 1.93 bits per heavy atom. The standard InChI is InChI=1S/C24H15NO5/c26-21(17-12-6-7-13-18(17)25(29)30)20-19(14-8-2-1-3-9-14)24(20)22(27)15-10-4-5-11-16(15)23(24)28/h1-13,19-20H/t19-,20+/m0/s1. The summed E-state index contributed by atoms with van der Waals surface area (Å²) in [7, 11) is 0. The molecule has 6 heteroatoms. The van der Waals surface area contributed by atoms with Gasteiger partial charge in [0.2, 0.25) is 0 Å². The van der Waals surface area contributed by atoms with Crippen LogP contribution >= 0.6 is 0 Å². The number of hydrogen-bond donors (Lipinski definition) is 0. The van der Waals surface area contributed by atoms with E-state index in [0.29, 0.717) is 16.7 Å². The zero-order chi connectivity index (χ0) is 21.0. The molecule has 146 valence electrons. The van der Waals surface area contributed by atoms with E-state index in [2.05, 4.69) is 0 Å². The van der Waals surface area contributed by atoms with Gasteiger partial charge in [-0.1, -0.05) is 66.7 Å². The van der Waals surface area contributed by atoms with Crippen LogP contribution in [0.1, 0.15) is 42.6 Å². The number of Topliss-reactive ketones (excluding diaryl/α,β-unsaturated/α-hetero) is 3. The summed E-state index contributed by atoms with van der Waals surface area (Å²) in [5.41, 5.74) is -0.633. The monoisotopic (exact) mass is 397 g/mol. The van der Waals surface area contributed by atoms with Gasteiger partial charge in [-0.25, -0.2) is 0 Å². The average molecular weight is 397 g/mol. The fourth-order valence-electron chi connectivity index (χ4n) is 4.86. The second kappa shape index (κ2) is 6.29. The van der Waals surface area contributed by atoms with E-state index in [1.165, 1.54) is 18.2 Å². The Morgan fingerprint density at radius 2 is 1.33 bits per heavy atom. The van der Waals surface area contributed by atoms with Crippen molar-refractivity contribution >= 4 is 23.0 Å². The number of carbonyl (C=O) groups is 3. The lowest BCUT2D eigenvalue weighted by molar-refractivity contribution is -0.385. The Balaban J connectivity index is 1.68. The molecule has 3 aromatic carbocycles. The Kier molecular flexibility index (Phi) is 3.80. The van der Waals surface area contributed by atoms with E-state index >= 15 is 0 Å². The molecule has 1 saturated carbocycles. The van der Waals surface area contributed by atoms with Crippen LogP contribution in [-0.4, -0.2) is 22.3 Å². The zero-order valence-electron chi connectivity index (χ0n) is 15.6. The predicted octanol–water partition coefficient (Wildman–Crippen LogP) is 4.26. The molecule has 2 aliphatic carbocycles. The first-order valence-corrected chi connectivity index (χ1v) is 9.50. The molecule has 2 aliphatic rings. The molecule has 0 saturated heterocycles. The molecule has 0 aliphatic heterocycles. The normalized spacial score (nSPS) is 20.8. The predicted molar refractivity (Wildman–Crippen MR) is 108 cm³/mol. The van der Waals surface area contributed by atoms with Gasteiger partial charge in [0.25, 0.3) is 5.69 Å². The summed E-state index contributed by atoms with van der Waals surface area (Å²) in [4.78, 5) is 51.2. The first-order chi connectivity index (χ1) is 14.5. The Bertz CT molecular complexity index is 1210. The molecule has 6 nitrogen and oxygen atoms in total. The number of nitro groups is 1. The van der Waals surface area contributed by atoms with Gasteiger partial charge < -0.3 is 0 Å². The SMILES string of the molecule is O=C(c1ccccc1[N+](=O)[O-])[C@H]1[C@H](c2ccccc2)C12C(=O)c1ccccc1C2=O. The van der Waals surface area contributed by atoms with Crippen molar-refractivity contribution in [1.82, 2.24) is 0 Å². The van der Waals surface area contributed by atoms with Crippen LogP contribution in [0.2, 0.25) is 0 Å². The van der Waals surface area contributed by atoms with Crippen LogP contribution in [0.5, 0.6) is 0 Å². The van der Waals surface area contributed by atoms with Crippen LogP contribution in [0.4, 0.5) is 5.69 Å². The number of rotatable bonds is 4. The van der Waals surface area contributed by atoms with Crippen LogP contribution in [0.25, 0.3) is 0 Å². The smallest absolute Gasteiger partial charge is 0.280 e. The van der Waals surface area contributed by atoms with E-state index in [1.54, 1.807) is 54.6 Å². The minimum atomic E-state index is -1.54. The van der Waals surface area contributed by atoms with Crippen LogP contribution in [0.15, 0.2) is 78.9 Å². The summed E-state index contributed by atoms with van der Waals surface area (Å²) in [6.45, 7) is 0. The molecule has 2 atom stereocenters. The molecule has 0 aromatic heterocycles. The fraction of sp³-hybridized carbons (Fsp3) is 0.125. The lowest BCUT2D eigenvalue weighted by Gasteiger charge is -2.07. The molecule has 0 radical (unpaired) electrons. The van der Waals surface area contributed by atoms with Crippen LogP contribution < -0.4 is 0 Å². The summed E-state index contributed by atoms with van der Waals surface area (Å²) < 4.78 is 0. The summed E-state index contributed by atoms with van der Waals surface area (Å²) in [6.07, 6.45) is 0. The molecular formula is C24H15NO5. The van der Waals surface area contributed by atoms with Gasteiger partial charge in [0.15, 0.2) is 17.3 Å². The Hall–Kier alpha value is -3.93. The van der Waals surface area contributed by atoms with Gasteiger partial charge >= 0.3 is 0 Å². The summed E-state index contributed by atoms with van der Waals surface area (Å²) in [5, 5.41) is 11.5. The summed E-state index contributed by atoms with van der Waals surface area (Å²) in [5.74, 6) is -2.94. The number of fused-ring (bicyclic) bond motifs is 1. The molecule has 0 bridgehead atoms. The molecule has 0 unspecified atom stereocenters. The van der Waals surface area contributed by atoms with Gasteiger partial charge in [-0.3, -0.25) is 24.5 Å². The highest BCUT2D eigenvalue weighted by Crippen LogP contribution is 2.70. The minimum absolute atomic E-state index is 0.0816. The topological polar surface area (TPSA) is 94.3 Å². The van der Waals surface area contributed by atoms with Crippen LogP contribution in [0, 0.1) is 21.4 Å². The third-order valence-corrected chi connectivity index (χ3v) is 6.18. The number of nitro benzene ring substituents is 1. The quantitative estimate of drug-likeness (QED) is 0.284. The van der Waals surface area contributed by atoms with Gasteiger partial charge in [0.1, 0.15) is 5.41 Å². The Morgan fingerprint density at radius 1 is 0.800 bits per heavy atom. The van der Waals surface area contributed by atoms with Gasteiger partial charge in [-0.15, -0.1) is 0 Å². The lowest BCUT2D eigenvalue weighted by atomic mass is 9.91. The first-order valence-electron chi connectivity index (χ1n) is 9.50. The molecule has 1 spiro atoms. The summed E-state index contributed by atoms with van der Waals surface area (Å²) >= 11 is 0.